The predicted octanol–water partition coefficient (Wildman–Crippen LogP) is 2.25. The van der Waals surface area contributed by atoms with Gasteiger partial charge >= 0.3 is 0 Å². The lowest BCUT2D eigenvalue weighted by Gasteiger charge is -2.09. The largest absolute Gasteiger partial charge is 0.393 e. The molecule has 0 heterocycles. The zero-order valence-electron chi connectivity index (χ0n) is 9.32. The van der Waals surface area contributed by atoms with Crippen molar-refractivity contribution in [2.75, 3.05) is 5.32 Å². The number of hydrogen-bond acceptors (Lipinski definition) is 2. The van der Waals surface area contributed by atoms with Crippen LogP contribution in [0.5, 0.6) is 0 Å². The van der Waals surface area contributed by atoms with Crippen LogP contribution in [0.3, 0.4) is 0 Å². The summed E-state index contributed by atoms with van der Waals surface area (Å²) in [5, 5.41) is 2.86. The number of benzene rings is 1. The van der Waals surface area contributed by atoms with Crippen molar-refractivity contribution in [3.63, 3.8) is 0 Å². The van der Waals surface area contributed by atoms with Gasteiger partial charge in [0.1, 0.15) is 0 Å². The van der Waals surface area contributed by atoms with Crippen LogP contribution in [0, 0.1) is 0 Å². The summed E-state index contributed by atoms with van der Waals surface area (Å²) in [6.45, 7) is 2.06. The normalized spacial score (nSPS) is 9.81. The number of rotatable bonds is 5. The van der Waals surface area contributed by atoms with Gasteiger partial charge in [-0.05, 0) is 18.1 Å². The highest BCUT2D eigenvalue weighted by molar-refractivity contribution is 7.80. The van der Waals surface area contributed by atoms with E-state index in [4.69, 9.17) is 18.0 Å². The van der Waals surface area contributed by atoms with E-state index in [0.29, 0.717) is 17.8 Å². The summed E-state index contributed by atoms with van der Waals surface area (Å²) < 4.78 is 0. The van der Waals surface area contributed by atoms with E-state index in [-0.39, 0.29) is 5.91 Å². The van der Waals surface area contributed by atoms with Crippen LogP contribution in [0.2, 0.25) is 0 Å². The van der Waals surface area contributed by atoms with Gasteiger partial charge in [0.05, 0.1) is 4.99 Å². The van der Waals surface area contributed by atoms with Crippen LogP contribution in [-0.2, 0) is 11.2 Å². The molecule has 3 nitrogen and oxygen atoms in total. The maximum absolute atomic E-state index is 11.6. The molecule has 0 bridgehead atoms. The van der Waals surface area contributed by atoms with Gasteiger partial charge in [0.15, 0.2) is 0 Å². The first-order chi connectivity index (χ1) is 7.63. The van der Waals surface area contributed by atoms with Crippen molar-refractivity contribution < 1.29 is 4.79 Å². The van der Waals surface area contributed by atoms with Crippen LogP contribution < -0.4 is 11.1 Å². The zero-order valence-corrected chi connectivity index (χ0v) is 10.1. The molecule has 0 saturated heterocycles. The highest BCUT2D eigenvalue weighted by Gasteiger charge is 2.05. The smallest absolute Gasteiger partial charge is 0.224 e. The molecule has 0 unspecified atom stereocenters. The average molecular weight is 236 g/mol. The first-order valence-corrected chi connectivity index (χ1v) is 5.70. The van der Waals surface area contributed by atoms with Crippen LogP contribution >= 0.6 is 12.2 Å². The Labute approximate surface area is 101 Å². The van der Waals surface area contributed by atoms with Crippen LogP contribution in [-0.4, -0.2) is 10.9 Å². The van der Waals surface area contributed by atoms with Gasteiger partial charge in [0, 0.05) is 18.5 Å². The molecule has 0 aromatic heterocycles. The standard InChI is InChI=1S/C12H16N2OS/c1-2-9-5-3-4-6-10(9)14-12(15)8-7-11(13)16/h3-6H,2,7-8H2,1H3,(H2,13,16)(H,14,15). The molecule has 1 rings (SSSR count). The summed E-state index contributed by atoms with van der Waals surface area (Å²) in [7, 11) is 0. The van der Waals surface area contributed by atoms with Gasteiger partial charge in [-0.3, -0.25) is 4.79 Å². The summed E-state index contributed by atoms with van der Waals surface area (Å²) in [5.74, 6) is -0.0475. The van der Waals surface area contributed by atoms with E-state index < -0.39 is 0 Å². The molecule has 86 valence electrons. The Hall–Kier alpha value is -1.42. The Balaban J connectivity index is 2.58. The lowest BCUT2D eigenvalue weighted by molar-refractivity contribution is -0.116. The van der Waals surface area contributed by atoms with Gasteiger partial charge < -0.3 is 11.1 Å². The number of para-hydroxylation sites is 1. The zero-order chi connectivity index (χ0) is 12.0. The molecular weight excluding hydrogens is 220 g/mol. The van der Waals surface area contributed by atoms with Crippen LogP contribution in [0.1, 0.15) is 25.3 Å². The third kappa shape index (κ3) is 3.98. The van der Waals surface area contributed by atoms with Crippen molar-refractivity contribution in [2.24, 2.45) is 5.73 Å². The molecule has 16 heavy (non-hydrogen) atoms. The molecule has 1 amide bonds. The Morgan fingerprint density at radius 2 is 2.06 bits per heavy atom. The van der Waals surface area contributed by atoms with Crippen molar-refractivity contribution in [3.8, 4) is 0 Å². The molecule has 0 radical (unpaired) electrons. The minimum Gasteiger partial charge on any atom is -0.393 e. The molecule has 1 aromatic carbocycles. The molecule has 0 spiro atoms. The van der Waals surface area contributed by atoms with E-state index in [9.17, 15) is 4.79 Å². The topological polar surface area (TPSA) is 55.1 Å². The summed E-state index contributed by atoms with van der Waals surface area (Å²) in [5.41, 5.74) is 7.35. The number of carbonyl (C=O) groups excluding carboxylic acids is 1. The first kappa shape index (κ1) is 12.6. The van der Waals surface area contributed by atoms with E-state index in [1.807, 2.05) is 24.3 Å². The quantitative estimate of drug-likeness (QED) is 0.771. The minimum absolute atomic E-state index is 0.0475. The van der Waals surface area contributed by atoms with Crippen LogP contribution in [0.15, 0.2) is 24.3 Å². The maximum Gasteiger partial charge on any atom is 0.224 e. The van der Waals surface area contributed by atoms with Gasteiger partial charge in [-0.25, -0.2) is 0 Å². The number of thiocarbonyl (C=S) groups is 1. The number of nitrogens with one attached hydrogen (secondary N) is 1. The fraction of sp³-hybridized carbons (Fsp3) is 0.333. The fourth-order valence-corrected chi connectivity index (χ4v) is 1.50. The Bertz CT molecular complexity index is 390. The van der Waals surface area contributed by atoms with Gasteiger partial charge in [-0.15, -0.1) is 0 Å². The predicted molar refractivity (Wildman–Crippen MR) is 70.5 cm³/mol. The third-order valence-corrected chi connectivity index (χ3v) is 2.47. The fourth-order valence-electron chi connectivity index (χ4n) is 1.40. The highest BCUT2D eigenvalue weighted by atomic mass is 32.1. The lowest BCUT2D eigenvalue weighted by Crippen LogP contribution is -2.16. The average Bonchev–Trinajstić information content (AvgIpc) is 2.27. The van der Waals surface area contributed by atoms with Crippen molar-refractivity contribution in [1.82, 2.24) is 0 Å². The van der Waals surface area contributed by atoms with Gasteiger partial charge in [-0.2, -0.15) is 0 Å². The monoisotopic (exact) mass is 236 g/mol. The number of carbonyl (C=O) groups is 1. The van der Waals surface area contributed by atoms with Crippen LogP contribution in [0.25, 0.3) is 0 Å². The molecule has 0 saturated carbocycles. The van der Waals surface area contributed by atoms with E-state index in [1.54, 1.807) is 0 Å². The van der Waals surface area contributed by atoms with Crippen LogP contribution in [0.4, 0.5) is 5.69 Å². The van der Waals surface area contributed by atoms with E-state index in [2.05, 4.69) is 12.2 Å². The van der Waals surface area contributed by atoms with Gasteiger partial charge in [0.25, 0.3) is 0 Å². The van der Waals surface area contributed by atoms with Crippen molar-refractivity contribution in [2.45, 2.75) is 26.2 Å². The van der Waals surface area contributed by atoms with E-state index in [1.165, 1.54) is 0 Å². The molecule has 0 fully saturated rings. The summed E-state index contributed by atoms with van der Waals surface area (Å²) >= 11 is 4.72. The second-order valence-electron chi connectivity index (χ2n) is 3.53. The molecule has 1 aromatic rings. The molecule has 4 heteroatoms. The Kier molecular flexibility index (Phi) is 4.92. The van der Waals surface area contributed by atoms with E-state index in [0.717, 1.165) is 17.7 Å². The van der Waals surface area contributed by atoms with Crippen molar-refractivity contribution in [3.05, 3.63) is 29.8 Å². The minimum atomic E-state index is -0.0475. The second kappa shape index (κ2) is 6.23. The summed E-state index contributed by atoms with van der Waals surface area (Å²) in [6.07, 6.45) is 1.69. The van der Waals surface area contributed by atoms with Crippen molar-refractivity contribution in [1.29, 1.82) is 0 Å². The molecule has 3 N–H and O–H groups in total. The number of hydrogen-bond donors (Lipinski definition) is 2. The summed E-state index contributed by atoms with van der Waals surface area (Å²) in [6, 6.07) is 7.77. The third-order valence-electron chi connectivity index (χ3n) is 2.27. The summed E-state index contributed by atoms with van der Waals surface area (Å²) in [4.78, 5) is 11.9. The van der Waals surface area contributed by atoms with Gasteiger partial charge in [-0.1, -0.05) is 37.3 Å². The molecule has 0 aliphatic rings. The number of amides is 1. The SMILES string of the molecule is CCc1ccccc1NC(=O)CCC(N)=S. The molecule has 0 aliphatic heterocycles. The Morgan fingerprint density at radius 1 is 1.38 bits per heavy atom. The molecular formula is C12H16N2OS. The lowest BCUT2D eigenvalue weighted by atomic mass is 10.1. The van der Waals surface area contributed by atoms with Gasteiger partial charge in [0.2, 0.25) is 5.91 Å². The molecule has 0 atom stereocenters. The van der Waals surface area contributed by atoms with Crippen molar-refractivity contribution >= 4 is 28.8 Å². The number of anilines is 1. The highest BCUT2D eigenvalue weighted by Crippen LogP contribution is 2.15. The second-order valence-corrected chi connectivity index (χ2v) is 4.05. The Morgan fingerprint density at radius 3 is 2.69 bits per heavy atom. The molecule has 0 aliphatic carbocycles. The number of nitrogens with two attached hydrogens (primary N) is 1. The van der Waals surface area contributed by atoms with E-state index >= 15 is 0 Å². The first-order valence-electron chi connectivity index (χ1n) is 5.29. The number of aryl methyl sites for hydroxylation is 1. The maximum atomic E-state index is 11.6.